The molecule has 1 atom stereocenters. The lowest BCUT2D eigenvalue weighted by molar-refractivity contribution is 0.0559. The molecule has 23 heavy (non-hydrogen) atoms. The topological polar surface area (TPSA) is 60.5 Å². The number of carbonyl (C=O) groups is 1. The average molecular weight is 335 g/mol. The standard InChI is InChI=1S/C16H21N3O3S/c1-11-6-13(22-15(11)16(20)21-3)9-19-4-5-23-10-14(19)12-7-17-18(2)8-12/h6-8,14H,4-5,9-10H2,1-3H3/t14-/m1/s1. The van der Waals surface area contributed by atoms with Gasteiger partial charge in [-0.2, -0.15) is 16.9 Å². The molecule has 3 heterocycles. The fourth-order valence-corrected chi connectivity index (χ4v) is 4.02. The molecule has 7 heteroatoms. The Labute approximate surface area is 139 Å². The van der Waals surface area contributed by atoms with Crippen molar-refractivity contribution in [3.8, 4) is 0 Å². The first-order valence-electron chi connectivity index (χ1n) is 7.56. The Kier molecular flexibility index (Phi) is 4.77. The van der Waals surface area contributed by atoms with Crippen LogP contribution < -0.4 is 0 Å². The van der Waals surface area contributed by atoms with Crippen molar-refractivity contribution in [2.24, 2.45) is 7.05 Å². The lowest BCUT2D eigenvalue weighted by Crippen LogP contribution is -2.35. The summed E-state index contributed by atoms with van der Waals surface area (Å²) >= 11 is 1.95. The van der Waals surface area contributed by atoms with Crippen LogP contribution in [0.15, 0.2) is 22.9 Å². The Morgan fingerprint density at radius 2 is 2.39 bits per heavy atom. The third kappa shape index (κ3) is 3.45. The number of methoxy groups -OCH3 is 1. The molecule has 0 amide bonds. The van der Waals surface area contributed by atoms with Crippen LogP contribution in [-0.4, -0.2) is 45.8 Å². The number of hydrogen-bond donors (Lipinski definition) is 0. The van der Waals surface area contributed by atoms with Crippen molar-refractivity contribution in [3.05, 3.63) is 41.1 Å². The van der Waals surface area contributed by atoms with Gasteiger partial charge in [0.2, 0.25) is 5.76 Å². The lowest BCUT2D eigenvalue weighted by Gasteiger charge is -2.34. The van der Waals surface area contributed by atoms with E-state index in [1.165, 1.54) is 12.7 Å². The second kappa shape index (κ2) is 6.80. The molecular formula is C16H21N3O3S. The molecule has 3 rings (SSSR count). The number of furan rings is 1. The number of thioether (sulfide) groups is 1. The molecule has 1 saturated heterocycles. The van der Waals surface area contributed by atoms with Crippen molar-refractivity contribution < 1.29 is 13.9 Å². The van der Waals surface area contributed by atoms with E-state index < -0.39 is 5.97 Å². The maximum atomic E-state index is 11.7. The highest BCUT2D eigenvalue weighted by atomic mass is 32.2. The van der Waals surface area contributed by atoms with E-state index in [2.05, 4.69) is 16.2 Å². The number of ether oxygens (including phenoxy) is 1. The van der Waals surface area contributed by atoms with Crippen LogP contribution >= 0.6 is 11.8 Å². The predicted molar refractivity (Wildman–Crippen MR) is 88.5 cm³/mol. The second-order valence-corrected chi connectivity index (χ2v) is 6.87. The van der Waals surface area contributed by atoms with Crippen LogP contribution in [0.4, 0.5) is 0 Å². The van der Waals surface area contributed by atoms with Crippen molar-refractivity contribution >= 4 is 17.7 Å². The number of rotatable bonds is 4. The van der Waals surface area contributed by atoms with Gasteiger partial charge in [0, 0.05) is 48.5 Å². The molecule has 1 aliphatic rings. The molecule has 0 N–H and O–H groups in total. The maximum Gasteiger partial charge on any atom is 0.374 e. The summed E-state index contributed by atoms with van der Waals surface area (Å²) in [6, 6.07) is 2.24. The summed E-state index contributed by atoms with van der Waals surface area (Å²) < 4.78 is 12.3. The van der Waals surface area contributed by atoms with Crippen LogP contribution in [0.3, 0.4) is 0 Å². The van der Waals surface area contributed by atoms with Crippen LogP contribution in [0.25, 0.3) is 0 Å². The summed E-state index contributed by atoms with van der Waals surface area (Å²) in [6.45, 7) is 3.53. The van der Waals surface area contributed by atoms with Crippen LogP contribution in [-0.2, 0) is 18.3 Å². The average Bonchev–Trinajstić information content (AvgIpc) is 3.13. The van der Waals surface area contributed by atoms with Crippen LogP contribution in [0.1, 0.15) is 33.5 Å². The van der Waals surface area contributed by atoms with Crippen molar-refractivity contribution in [2.75, 3.05) is 25.2 Å². The van der Waals surface area contributed by atoms with Crippen LogP contribution in [0.5, 0.6) is 0 Å². The van der Waals surface area contributed by atoms with Gasteiger partial charge < -0.3 is 9.15 Å². The van der Waals surface area contributed by atoms with Gasteiger partial charge in [-0.15, -0.1) is 0 Å². The molecule has 0 bridgehead atoms. The third-order valence-corrected chi connectivity index (χ3v) is 5.07. The summed E-state index contributed by atoms with van der Waals surface area (Å²) in [6.07, 6.45) is 3.99. The first-order chi connectivity index (χ1) is 11.1. The van der Waals surface area contributed by atoms with Gasteiger partial charge in [-0.3, -0.25) is 9.58 Å². The number of aryl methyl sites for hydroxylation is 2. The van der Waals surface area contributed by atoms with Crippen molar-refractivity contribution in [3.63, 3.8) is 0 Å². The van der Waals surface area contributed by atoms with Gasteiger partial charge in [0.05, 0.1) is 19.9 Å². The van der Waals surface area contributed by atoms with Gasteiger partial charge in [-0.1, -0.05) is 0 Å². The summed E-state index contributed by atoms with van der Waals surface area (Å²) in [5.41, 5.74) is 2.03. The maximum absolute atomic E-state index is 11.7. The highest BCUT2D eigenvalue weighted by Crippen LogP contribution is 2.31. The second-order valence-electron chi connectivity index (χ2n) is 5.72. The number of carbonyl (C=O) groups excluding carboxylic acids is 1. The number of aromatic nitrogens is 2. The molecule has 0 saturated carbocycles. The zero-order valence-electron chi connectivity index (χ0n) is 13.6. The Hall–Kier alpha value is -1.73. The largest absolute Gasteiger partial charge is 0.463 e. The van der Waals surface area contributed by atoms with E-state index in [0.717, 1.165) is 29.4 Å². The molecule has 2 aromatic rings. The molecule has 1 aliphatic heterocycles. The third-order valence-electron chi connectivity index (χ3n) is 4.05. The predicted octanol–water partition coefficient (Wildman–Crippen LogP) is 2.40. The van der Waals surface area contributed by atoms with Crippen LogP contribution in [0.2, 0.25) is 0 Å². The van der Waals surface area contributed by atoms with Crippen molar-refractivity contribution in [2.45, 2.75) is 19.5 Å². The Bertz CT molecular complexity index is 695. The summed E-state index contributed by atoms with van der Waals surface area (Å²) in [5.74, 6) is 2.80. The monoisotopic (exact) mass is 335 g/mol. The Morgan fingerprint density at radius 3 is 3.09 bits per heavy atom. The lowest BCUT2D eigenvalue weighted by atomic mass is 10.1. The molecule has 0 aromatic carbocycles. The molecule has 0 aliphatic carbocycles. The minimum Gasteiger partial charge on any atom is -0.463 e. The number of esters is 1. The van der Waals surface area contributed by atoms with Gasteiger partial charge in [0.25, 0.3) is 0 Å². The minimum absolute atomic E-state index is 0.298. The quantitative estimate of drug-likeness (QED) is 0.800. The molecule has 124 valence electrons. The fraction of sp³-hybridized carbons (Fsp3) is 0.500. The summed E-state index contributed by atoms with van der Waals surface area (Å²) in [4.78, 5) is 14.1. The number of nitrogens with zero attached hydrogens (tertiary/aromatic N) is 3. The van der Waals surface area contributed by atoms with E-state index in [9.17, 15) is 4.79 Å². The zero-order chi connectivity index (χ0) is 16.4. The SMILES string of the molecule is COC(=O)c1oc(CN2CCSC[C@@H]2c2cnn(C)c2)cc1C. The van der Waals surface area contributed by atoms with Gasteiger partial charge >= 0.3 is 5.97 Å². The molecule has 2 aromatic heterocycles. The molecule has 0 spiro atoms. The molecule has 0 radical (unpaired) electrons. The molecule has 0 unspecified atom stereocenters. The smallest absolute Gasteiger partial charge is 0.374 e. The van der Waals surface area contributed by atoms with E-state index in [1.54, 1.807) is 0 Å². The molecule has 1 fully saturated rings. The van der Waals surface area contributed by atoms with Crippen molar-refractivity contribution in [1.29, 1.82) is 0 Å². The highest BCUT2D eigenvalue weighted by Gasteiger charge is 2.27. The summed E-state index contributed by atoms with van der Waals surface area (Å²) in [7, 11) is 3.30. The van der Waals surface area contributed by atoms with E-state index in [0.29, 0.717) is 18.3 Å². The highest BCUT2D eigenvalue weighted by molar-refractivity contribution is 7.99. The van der Waals surface area contributed by atoms with E-state index >= 15 is 0 Å². The summed E-state index contributed by atoms with van der Waals surface area (Å²) in [5, 5.41) is 4.28. The first kappa shape index (κ1) is 16.1. The fourth-order valence-electron chi connectivity index (χ4n) is 2.87. The van der Waals surface area contributed by atoms with E-state index in [1.807, 2.05) is 42.7 Å². The zero-order valence-corrected chi connectivity index (χ0v) is 14.4. The number of hydrogen-bond acceptors (Lipinski definition) is 6. The normalized spacial score (nSPS) is 19.0. The van der Waals surface area contributed by atoms with Gasteiger partial charge in [-0.05, 0) is 13.0 Å². The Morgan fingerprint density at radius 1 is 1.57 bits per heavy atom. The van der Waals surface area contributed by atoms with Gasteiger partial charge in [0.1, 0.15) is 5.76 Å². The minimum atomic E-state index is -0.424. The first-order valence-corrected chi connectivity index (χ1v) is 8.72. The Balaban J connectivity index is 1.78. The van der Waals surface area contributed by atoms with Crippen molar-refractivity contribution in [1.82, 2.24) is 14.7 Å². The van der Waals surface area contributed by atoms with Crippen LogP contribution in [0, 0.1) is 6.92 Å². The van der Waals surface area contributed by atoms with E-state index in [4.69, 9.17) is 9.15 Å². The molecule has 6 nitrogen and oxygen atoms in total. The van der Waals surface area contributed by atoms with Gasteiger partial charge in [0.15, 0.2) is 0 Å². The molecular weight excluding hydrogens is 314 g/mol. The van der Waals surface area contributed by atoms with Gasteiger partial charge in [-0.25, -0.2) is 4.79 Å². The van der Waals surface area contributed by atoms with E-state index in [-0.39, 0.29) is 0 Å².